The molecule has 0 aliphatic rings. The molecular formula is C12H13ClN4O3. The number of hydrogen-bond donors (Lipinski definition) is 1. The molecule has 8 heteroatoms. The summed E-state index contributed by atoms with van der Waals surface area (Å²) in [6.07, 6.45) is -0.0566. The molecule has 0 aliphatic heterocycles. The molecular weight excluding hydrogens is 284 g/mol. The minimum Gasteiger partial charge on any atom is -0.486 e. The molecule has 0 fully saturated rings. The van der Waals surface area contributed by atoms with Crippen molar-refractivity contribution in [2.24, 2.45) is 0 Å². The predicted molar refractivity (Wildman–Crippen MR) is 70.6 cm³/mol. The zero-order valence-corrected chi connectivity index (χ0v) is 11.5. The van der Waals surface area contributed by atoms with Crippen molar-refractivity contribution in [3.63, 3.8) is 0 Å². The summed E-state index contributed by atoms with van der Waals surface area (Å²) in [4.78, 5) is 10.7. The first-order chi connectivity index (χ1) is 9.56. The van der Waals surface area contributed by atoms with Gasteiger partial charge in [0, 0.05) is 5.02 Å². The number of aromatic nitrogens is 4. The van der Waals surface area contributed by atoms with Crippen molar-refractivity contribution >= 4 is 17.6 Å². The zero-order chi connectivity index (χ0) is 14.5. The maximum Gasteiger partial charge on any atom is 0.305 e. The summed E-state index contributed by atoms with van der Waals surface area (Å²) in [5.74, 6) is 0.195. The first kappa shape index (κ1) is 14.3. The van der Waals surface area contributed by atoms with E-state index in [4.69, 9.17) is 21.4 Å². The number of benzene rings is 1. The summed E-state index contributed by atoms with van der Waals surface area (Å²) in [5, 5.41) is 20.6. The summed E-state index contributed by atoms with van der Waals surface area (Å²) in [6.45, 7) is 1.88. The van der Waals surface area contributed by atoms with Crippen molar-refractivity contribution in [2.75, 3.05) is 0 Å². The molecule has 1 unspecified atom stereocenters. The van der Waals surface area contributed by atoms with Crippen LogP contribution in [-0.4, -0.2) is 31.3 Å². The van der Waals surface area contributed by atoms with Crippen LogP contribution >= 0.6 is 11.6 Å². The lowest BCUT2D eigenvalue weighted by molar-refractivity contribution is -0.137. The van der Waals surface area contributed by atoms with Gasteiger partial charge in [0.2, 0.25) is 0 Å². The third-order valence-corrected chi connectivity index (χ3v) is 2.88. The topological polar surface area (TPSA) is 90.1 Å². The van der Waals surface area contributed by atoms with E-state index in [1.165, 1.54) is 4.68 Å². The number of nitrogens with zero attached hydrogens (tertiary/aromatic N) is 4. The quantitative estimate of drug-likeness (QED) is 0.876. The zero-order valence-electron chi connectivity index (χ0n) is 10.7. The molecule has 106 valence electrons. The number of carboxylic acid groups (broad SMARTS) is 1. The number of carbonyl (C=O) groups is 1. The van der Waals surface area contributed by atoms with Gasteiger partial charge >= 0.3 is 5.97 Å². The minimum atomic E-state index is -0.905. The van der Waals surface area contributed by atoms with Crippen molar-refractivity contribution in [2.45, 2.75) is 26.0 Å². The second-order valence-electron chi connectivity index (χ2n) is 4.23. The highest BCUT2D eigenvalue weighted by molar-refractivity contribution is 6.30. The smallest absolute Gasteiger partial charge is 0.305 e. The number of halogens is 1. The van der Waals surface area contributed by atoms with Crippen molar-refractivity contribution in [1.29, 1.82) is 0 Å². The van der Waals surface area contributed by atoms with E-state index in [-0.39, 0.29) is 19.1 Å². The number of tetrazole rings is 1. The second kappa shape index (κ2) is 6.33. The first-order valence-corrected chi connectivity index (χ1v) is 6.31. The van der Waals surface area contributed by atoms with Gasteiger partial charge in [-0.2, -0.15) is 0 Å². The highest BCUT2D eigenvalue weighted by Crippen LogP contribution is 2.17. The molecule has 0 saturated carbocycles. The molecule has 1 N–H and O–H groups in total. The molecule has 1 aromatic heterocycles. The molecule has 0 saturated heterocycles. The van der Waals surface area contributed by atoms with Gasteiger partial charge in [0.25, 0.3) is 0 Å². The molecule has 0 aliphatic carbocycles. The Hall–Kier alpha value is -2.15. The van der Waals surface area contributed by atoms with E-state index in [2.05, 4.69) is 15.5 Å². The summed E-state index contributed by atoms with van der Waals surface area (Å²) >= 11 is 5.78. The molecule has 7 nitrogen and oxygen atoms in total. The maximum atomic E-state index is 10.7. The average Bonchev–Trinajstić information content (AvgIpc) is 2.86. The van der Waals surface area contributed by atoms with Crippen LogP contribution in [-0.2, 0) is 11.4 Å². The lowest BCUT2D eigenvalue weighted by Gasteiger charge is -2.11. The third-order valence-electron chi connectivity index (χ3n) is 2.63. The Bertz CT molecular complexity index is 585. The fourth-order valence-corrected chi connectivity index (χ4v) is 1.79. The number of carboxylic acids is 1. The molecule has 1 aromatic carbocycles. The van der Waals surface area contributed by atoms with Gasteiger partial charge in [0.1, 0.15) is 12.4 Å². The van der Waals surface area contributed by atoms with Crippen molar-refractivity contribution in [3.05, 3.63) is 35.1 Å². The average molecular weight is 297 g/mol. The van der Waals surface area contributed by atoms with E-state index in [0.29, 0.717) is 16.6 Å². The Balaban J connectivity index is 2.01. The number of rotatable bonds is 6. The highest BCUT2D eigenvalue weighted by atomic mass is 35.5. The van der Waals surface area contributed by atoms with E-state index in [9.17, 15) is 4.79 Å². The van der Waals surface area contributed by atoms with E-state index >= 15 is 0 Å². The monoisotopic (exact) mass is 296 g/mol. The predicted octanol–water partition coefficient (Wildman–Crippen LogP) is 1.94. The lowest BCUT2D eigenvalue weighted by atomic mass is 10.2. The molecule has 0 bridgehead atoms. The molecule has 0 radical (unpaired) electrons. The normalized spacial score (nSPS) is 12.1. The van der Waals surface area contributed by atoms with Crippen molar-refractivity contribution < 1.29 is 14.6 Å². The third kappa shape index (κ3) is 3.67. The Morgan fingerprint density at radius 3 is 2.80 bits per heavy atom. The van der Waals surface area contributed by atoms with Crippen LogP contribution < -0.4 is 4.74 Å². The summed E-state index contributed by atoms with van der Waals surface area (Å²) in [7, 11) is 0. The van der Waals surface area contributed by atoms with Gasteiger partial charge in [0.05, 0.1) is 12.5 Å². The van der Waals surface area contributed by atoms with Crippen molar-refractivity contribution in [3.8, 4) is 5.75 Å². The van der Waals surface area contributed by atoms with Gasteiger partial charge in [-0.1, -0.05) is 11.6 Å². The van der Waals surface area contributed by atoms with Crippen LogP contribution in [0.2, 0.25) is 5.02 Å². The van der Waals surface area contributed by atoms with Gasteiger partial charge in [-0.25, -0.2) is 4.68 Å². The van der Waals surface area contributed by atoms with E-state index in [1.54, 1.807) is 31.2 Å². The van der Waals surface area contributed by atoms with Crippen LogP contribution in [0.1, 0.15) is 25.2 Å². The van der Waals surface area contributed by atoms with Crippen LogP contribution in [0.25, 0.3) is 0 Å². The Kier molecular flexibility index (Phi) is 4.52. The lowest BCUT2D eigenvalue weighted by Crippen LogP contribution is -2.16. The van der Waals surface area contributed by atoms with Gasteiger partial charge in [0.15, 0.2) is 5.82 Å². The van der Waals surface area contributed by atoms with Gasteiger partial charge in [-0.3, -0.25) is 4.79 Å². The Morgan fingerprint density at radius 1 is 1.45 bits per heavy atom. The molecule has 0 amide bonds. The number of ether oxygens (including phenoxy) is 1. The minimum absolute atomic E-state index is 0.0566. The van der Waals surface area contributed by atoms with E-state index < -0.39 is 5.97 Å². The van der Waals surface area contributed by atoms with Crippen molar-refractivity contribution in [1.82, 2.24) is 20.2 Å². The van der Waals surface area contributed by atoms with E-state index in [0.717, 1.165) is 0 Å². The molecule has 20 heavy (non-hydrogen) atoms. The van der Waals surface area contributed by atoms with Crippen LogP contribution in [0.15, 0.2) is 24.3 Å². The number of hydrogen-bond acceptors (Lipinski definition) is 5. The molecule has 2 rings (SSSR count). The SMILES string of the molecule is CC(CC(=O)O)n1nnnc1COc1ccc(Cl)cc1. The van der Waals surface area contributed by atoms with Crippen LogP contribution in [0.3, 0.4) is 0 Å². The highest BCUT2D eigenvalue weighted by Gasteiger charge is 2.16. The fourth-order valence-electron chi connectivity index (χ4n) is 1.67. The largest absolute Gasteiger partial charge is 0.486 e. The first-order valence-electron chi connectivity index (χ1n) is 5.93. The molecule has 1 heterocycles. The maximum absolute atomic E-state index is 10.7. The van der Waals surface area contributed by atoms with Gasteiger partial charge < -0.3 is 9.84 Å². The molecule has 0 spiro atoms. The summed E-state index contributed by atoms with van der Waals surface area (Å²) in [6, 6.07) is 6.56. The Morgan fingerprint density at radius 2 is 2.15 bits per heavy atom. The number of aliphatic carboxylic acids is 1. The Labute approximate surface area is 120 Å². The van der Waals surface area contributed by atoms with Crippen LogP contribution in [0, 0.1) is 0 Å². The summed E-state index contributed by atoms with van der Waals surface area (Å²) in [5.41, 5.74) is 0. The van der Waals surface area contributed by atoms with Crippen LogP contribution in [0.4, 0.5) is 0 Å². The van der Waals surface area contributed by atoms with Gasteiger partial charge in [-0.05, 0) is 41.6 Å². The van der Waals surface area contributed by atoms with Gasteiger partial charge in [-0.15, -0.1) is 5.10 Å². The fraction of sp³-hybridized carbons (Fsp3) is 0.333. The van der Waals surface area contributed by atoms with E-state index in [1.807, 2.05) is 0 Å². The molecule has 2 aromatic rings. The van der Waals surface area contributed by atoms with Crippen LogP contribution in [0.5, 0.6) is 5.75 Å². The summed E-state index contributed by atoms with van der Waals surface area (Å²) < 4.78 is 6.98. The molecule has 1 atom stereocenters. The second-order valence-corrected chi connectivity index (χ2v) is 4.67. The standard InChI is InChI=1S/C12H13ClN4O3/c1-8(6-12(18)19)17-11(14-15-16-17)7-20-10-4-2-9(13)3-5-10/h2-5,8H,6-7H2,1H3,(H,18,19).